The summed E-state index contributed by atoms with van der Waals surface area (Å²) in [5.74, 6) is -0.341. The van der Waals surface area contributed by atoms with Crippen LogP contribution in [0.15, 0.2) is 67.4 Å². The van der Waals surface area contributed by atoms with Gasteiger partial charge >= 0.3 is 0 Å². The second kappa shape index (κ2) is 8.92. The Morgan fingerprint density at radius 1 is 1.21 bits per heavy atom. The molecule has 2 amide bonds. The van der Waals surface area contributed by atoms with Gasteiger partial charge in [-0.25, -0.2) is 9.82 Å². The number of carbonyl (C=O) groups excluding carboxylic acids is 2. The van der Waals surface area contributed by atoms with Crippen LogP contribution in [0.5, 0.6) is 11.5 Å². The Balaban J connectivity index is 1.42. The number of amides is 2. The Morgan fingerprint density at radius 3 is 2.71 bits per heavy atom. The standard InChI is InChI=1S/C25H26FN5O3/c1-2-21(32)30-12-11-16(13-30)31-14-18(22-23(31)25(33)29-28-24(22)27)15-7-9-17(10-8-15)34-20-6-4-3-5-19(20)26/h2-10,14,16,22-24,28H,1,11-13,27H2,(H,29,33)/t16-,22?,23?,24?/m1/s1. The van der Waals surface area contributed by atoms with Crippen LogP contribution in [0.2, 0.25) is 0 Å². The van der Waals surface area contributed by atoms with Gasteiger partial charge in [0, 0.05) is 31.2 Å². The van der Waals surface area contributed by atoms with Crippen molar-refractivity contribution in [2.75, 3.05) is 13.1 Å². The molecule has 2 aromatic rings. The van der Waals surface area contributed by atoms with Crippen LogP contribution in [0.25, 0.3) is 5.57 Å². The van der Waals surface area contributed by atoms with Gasteiger partial charge in [0.05, 0.1) is 6.17 Å². The molecule has 176 valence electrons. The van der Waals surface area contributed by atoms with Gasteiger partial charge < -0.3 is 20.3 Å². The van der Waals surface area contributed by atoms with Crippen molar-refractivity contribution in [3.05, 3.63) is 78.8 Å². The van der Waals surface area contributed by atoms with Gasteiger partial charge in [-0.2, -0.15) is 0 Å². The normalized spacial score (nSPS) is 26.1. The monoisotopic (exact) mass is 463 g/mol. The SMILES string of the molecule is C=CC(=O)N1CC[C@@H](N2C=C(c3ccc(Oc4ccccc4F)cc3)C3C(N)NNC(=O)C32)C1. The van der Waals surface area contributed by atoms with Crippen molar-refractivity contribution in [2.45, 2.75) is 24.7 Å². The molecule has 0 saturated carbocycles. The summed E-state index contributed by atoms with van der Waals surface area (Å²) in [5.41, 5.74) is 13.7. The van der Waals surface area contributed by atoms with E-state index in [0.717, 1.165) is 17.6 Å². The van der Waals surface area contributed by atoms with Crippen molar-refractivity contribution in [2.24, 2.45) is 11.7 Å². The van der Waals surface area contributed by atoms with Crippen molar-refractivity contribution >= 4 is 17.4 Å². The molecule has 2 saturated heterocycles. The van der Waals surface area contributed by atoms with Crippen molar-refractivity contribution in [1.29, 1.82) is 0 Å². The quantitative estimate of drug-likeness (QED) is 0.587. The highest BCUT2D eigenvalue weighted by Crippen LogP contribution is 2.41. The van der Waals surface area contributed by atoms with Crippen molar-refractivity contribution < 1.29 is 18.7 Å². The summed E-state index contributed by atoms with van der Waals surface area (Å²) in [6, 6.07) is 13.0. The van der Waals surface area contributed by atoms with Gasteiger partial charge in [-0.15, -0.1) is 0 Å². The van der Waals surface area contributed by atoms with Gasteiger partial charge in [0.15, 0.2) is 11.6 Å². The van der Waals surface area contributed by atoms with Crippen LogP contribution in [0.3, 0.4) is 0 Å². The molecular weight excluding hydrogens is 437 g/mol. The lowest BCUT2D eigenvalue weighted by molar-refractivity contribution is -0.131. The maximum Gasteiger partial charge on any atom is 0.257 e. The number of halogens is 1. The number of hydrazine groups is 1. The Kier molecular flexibility index (Phi) is 5.80. The Bertz CT molecular complexity index is 1150. The third kappa shape index (κ3) is 3.93. The first-order chi connectivity index (χ1) is 16.5. The molecule has 0 aromatic heterocycles. The van der Waals surface area contributed by atoms with E-state index >= 15 is 0 Å². The summed E-state index contributed by atoms with van der Waals surface area (Å²) in [6.07, 6.45) is 3.56. The van der Waals surface area contributed by atoms with Gasteiger partial charge in [-0.3, -0.25) is 15.0 Å². The summed E-state index contributed by atoms with van der Waals surface area (Å²) in [4.78, 5) is 28.7. The zero-order valence-electron chi connectivity index (χ0n) is 18.5. The fraction of sp³-hybridized carbons (Fsp3) is 0.280. The van der Waals surface area contributed by atoms with E-state index in [1.807, 2.05) is 23.2 Å². The minimum atomic E-state index is -0.486. The fourth-order valence-corrected chi connectivity index (χ4v) is 4.97. The van der Waals surface area contributed by atoms with Crippen LogP contribution in [-0.2, 0) is 9.59 Å². The molecule has 4 atom stereocenters. The zero-order chi connectivity index (χ0) is 23.8. The average molecular weight is 464 g/mol. The topological polar surface area (TPSA) is 99.9 Å². The van der Waals surface area contributed by atoms with E-state index in [4.69, 9.17) is 10.5 Å². The summed E-state index contributed by atoms with van der Waals surface area (Å²) in [5, 5.41) is 0. The molecule has 0 bridgehead atoms. The molecule has 3 heterocycles. The second-order valence-corrected chi connectivity index (χ2v) is 8.65. The molecule has 0 aliphatic carbocycles. The number of nitrogens with two attached hydrogens (primary N) is 1. The first kappa shape index (κ1) is 22.1. The first-order valence-electron chi connectivity index (χ1n) is 11.2. The second-order valence-electron chi connectivity index (χ2n) is 8.65. The average Bonchev–Trinajstić information content (AvgIpc) is 3.49. The fourth-order valence-electron chi connectivity index (χ4n) is 4.97. The van der Waals surface area contributed by atoms with Crippen LogP contribution in [0, 0.1) is 11.7 Å². The molecule has 9 heteroatoms. The van der Waals surface area contributed by atoms with Crippen LogP contribution in [0.4, 0.5) is 4.39 Å². The molecular formula is C25H26FN5O3. The molecule has 34 heavy (non-hydrogen) atoms. The highest BCUT2D eigenvalue weighted by atomic mass is 19.1. The maximum atomic E-state index is 13.9. The minimum absolute atomic E-state index is 0.00591. The summed E-state index contributed by atoms with van der Waals surface area (Å²) < 4.78 is 19.6. The van der Waals surface area contributed by atoms with E-state index in [1.54, 1.807) is 35.2 Å². The minimum Gasteiger partial charge on any atom is -0.454 e. The Morgan fingerprint density at radius 2 is 1.97 bits per heavy atom. The van der Waals surface area contributed by atoms with E-state index in [1.165, 1.54) is 12.1 Å². The molecule has 8 nitrogen and oxygen atoms in total. The van der Waals surface area contributed by atoms with Gasteiger partial charge in [0.1, 0.15) is 11.8 Å². The zero-order valence-corrected chi connectivity index (χ0v) is 18.5. The summed E-state index contributed by atoms with van der Waals surface area (Å²) in [6.45, 7) is 4.70. The summed E-state index contributed by atoms with van der Waals surface area (Å²) in [7, 11) is 0. The molecule has 2 fully saturated rings. The van der Waals surface area contributed by atoms with Gasteiger partial charge in [-0.05, 0) is 47.9 Å². The number of nitrogens with zero attached hydrogens (tertiary/aromatic N) is 2. The highest BCUT2D eigenvalue weighted by molar-refractivity contribution is 5.89. The van der Waals surface area contributed by atoms with E-state index in [2.05, 4.69) is 17.4 Å². The maximum absolute atomic E-state index is 13.9. The number of benzene rings is 2. The van der Waals surface area contributed by atoms with Crippen LogP contribution < -0.4 is 21.3 Å². The molecule has 3 aliphatic rings. The third-order valence-electron chi connectivity index (χ3n) is 6.65. The summed E-state index contributed by atoms with van der Waals surface area (Å²) >= 11 is 0. The number of nitrogens with one attached hydrogen (secondary N) is 2. The predicted molar refractivity (Wildman–Crippen MR) is 124 cm³/mol. The molecule has 0 spiro atoms. The van der Waals surface area contributed by atoms with Crippen molar-refractivity contribution in [1.82, 2.24) is 20.7 Å². The number of fused-ring (bicyclic) bond motifs is 1. The van der Waals surface area contributed by atoms with Gasteiger partial charge in [-0.1, -0.05) is 30.8 Å². The third-order valence-corrected chi connectivity index (χ3v) is 6.65. The lowest BCUT2D eigenvalue weighted by Gasteiger charge is -2.39. The van der Waals surface area contributed by atoms with E-state index < -0.39 is 18.0 Å². The number of hydrogen-bond acceptors (Lipinski definition) is 6. The van der Waals surface area contributed by atoms with Gasteiger partial charge in [0.25, 0.3) is 5.91 Å². The van der Waals surface area contributed by atoms with E-state index in [0.29, 0.717) is 18.8 Å². The number of para-hydroxylation sites is 1. The van der Waals surface area contributed by atoms with E-state index in [9.17, 15) is 14.0 Å². The molecule has 3 aliphatic heterocycles. The molecule has 0 radical (unpaired) electrons. The lowest BCUT2D eigenvalue weighted by Crippen LogP contribution is -2.67. The highest BCUT2D eigenvalue weighted by Gasteiger charge is 2.49. The van der Waals surface area contributed by atoms with E-state index in [-0.39, 0.29) is 29.5 Å². The van der Waals surface area contributed by atoms with Crippen molar-refractivity contribution in [3.63, 3.8) is 0 Å². The molecule has 5 rings (SSSR count). The van der Waals surface area contributed by atoms with Crippen LogP contribution >= 0.6 is 0 Å². The van der Waals surface area contributed by atoms with Crippen molar-refractivity contribution in [3.8, 4) is 11.5 Å². The number of ether oxygens (including phenoxy) is 1. The lowest BCUT2D eigenvalue weighted by atomic mass is 9.86. The predicted octanol–water partition coefficient (Wildman–Crippen LogP) is 1.97. The Labute approximate surface area is 196 Å². The van der Waals surface area contributed by atoms with Crippen LogP contribution in [-0.4, -0.2) is 53.0 Å². The smallest absolute Gasteiger partial charge is 0.257 e. The molecule has 4 N–H and O–H groups in total. The number of rotatable bonds is 5. The van der Waals surface area contributed by atoms with Gasteiger partial charge in [0.2, 0.25) is 5.91 Å². The number of hydrogen-bond donors (Lipinski definition) is 3. The van der Waals surface area contributed by atoms with Crippen LogP contribution in [0.1, 0.15) is 12.0 Å². The number of likely N-dealkylation sites (tertiary alicyclic amines) is 1. The molecule has 2 aromatic carbocycles. The first-order valence-corrected chi connectivity index (χ1v) is 11.2. The largest absolute Gasteiger partial charge is 0.454 e. The Hall–Kier alpha value is -3.69. The number of carbonyl (C=O) groups is 2. The molecule has 3 unspecified atom stereocenters.